The number of rotatable bonds is 3. The van der Waals surface area contributed by atoms with Crippen LogP contribution >= 0.6 is 22.9 Å². The predicted octanol–water partition coefficient (Wildman–Crippen LogP) is 5.15. The summed E-state index contributed by atoms with van der Waals surface area (Å²) in [6.07, 6.45) is 0. The zero-order chi connectivity index (χ0) is 19.1. The van der Waals surface area contributed by atoms with E-state index in [1.165, 1.54) is 11.0 Å². The van der Waals surface area contributed by atoms with Crippen LogP contribution in [0, 0.1) is 19.7 Å². The quantitative estimate of drug-likeness (QED) is 0.608. The second-order valence-electron chi connectivity index (χ2n) is 6.29. The lowest BCUT2D eigenvalue weighted by atomic mass is 10.1. The Morgan fingerprint density at radius 1 is 1.30 bits per heavy atom. The van der Waals surface area contributed by atoms with Crippen molar-refractivity contribution in [2.24, 2.45) is 0 Å². The zero-order valence-electron chi connectivity index (χ0n) is 14.8. The highest BCUT2D eigenvalue weighted by Gasteiger charge is 2.28. The Hall–Kier alpha value is -2.44. The average molecular weight is 403 g/mol. The third-order valence-electron chi connectivity index (χ3n) is 4.46. The van der Waals surface area contributed by atoms with Crippen molar-refractivity contribution in [3.05, 3.63) is 62.7 Å². The van der Waals surface area contributed by atoms with Crippen molar-refractivity contribution in [3.8, 4) is 17.0 Å². The van der Waals surface area contributed by atoms with E-state index >= 15 is 0 Å². The monoisotopic (exact) mass is 402 g/mol. The normalized spacial score (nSPS) is 13.5. The van der Waals surface area contributed by atoms with Gasteiger partial charge in [0.25, 0.3) is 5.91 Å². The van der Waals surface area contributed by atoms with Crippen LogP contribution < -0.4 is 9.64 Å². The van der Waals surface area contributed by atoms with Gasteiger partial charge in [0.1, 0.15) is 11.6 Å². The fourth-order valence-electron chi connectivity index (χ4n) is 3.16. The molecule has 0 fully saturated rings. The molecule has 0 bridgehead atoms. The van der Waals surface area contributed by atoms with Gasteiger partial charge in [0.2, 0.25) is 0 Å². The molecule has 1 aliphatic rings. The second kappa shape index (κ2) is 6.94. The number of aromatic nitrogens is 1. The van der Waals surface area contributed by atoms with Crippen molar-refractivity contribution >= 4 is 34.5 Å². The summed E-state index contributed by atoms with van der Waals surface area (Å²) in [7, 11) is 0. The first-order chi connectivity index (χ1) is 12.9. The van der Waals surface area contributed by atoms with Crippen molar-refractivity contribution in [1.82, 2.24) is 4.98 Å². The van der Waals surface area contributed by atoms with Crippen LogP contribution in [-0.4, -0.2) is 17.5 Å². The molecule has 2 aromatic carbocycles. The number of halogens is 2. The third-order valence-corrected chi connectivity index (χ3v) is 5.70. The summed E-state index contributed by atoms with van der Waals surface area (Å²) in [4.78, 5) is 19.7. The summed E-state index contributed by atoms with van der Waals surface area (Å²) < 4.78 is 19.8. The van der Waals surface area contributed by atoms with Crippen molar-refractivity contribution in [1.29, 1.82) is 0 Å². The van der Waals surface area contributed by atoms with Gasteiger partial charge < -0.3 is 9.64 Å². The maximum absolute atomic E-state index is 14.2. The topological polar surface area (TPSA) is 42.4 Å². The molecule has 7 heteroatoms. The molecule has 2 heterocycles. The Kier molecular flexibility index (Phi) is 4.61. The van der Waals surface area contributed by atoms with Gasteiger partial charge in [0, 0.05) is 21.0 Å². The predicted molar refractivity (Wildman–Crippen MR) is 105 cm³/mol. The van der Waals surface area contributed by atoms with Gasteiger partial charge in [0.15, 0.2) is 6.61 Å². The van der Waals surface area contributed by atoms with Gasteiger partial charge in [-0.3, -0.25) is 4.79 Å². The molecule has 27 heavy (non-hydrogen) atoms. The first kappa shape index (κ1) is 17.9. The van der Waals surface area contributed by atoms with Gasteiger partial charge in [-0.25, -0.2) is 9.37 Å². The molecule has 1 amide bonds. The van der Waals surface area contributed by atoms with E-state index in [1.807, 2.05) is 32.0 Å². The number of ether oxygens (including phenoxy) is 1. The fraction of sp³-hybridized carbons (Fsp3) is 0.200. The van der Waals surface area contributed by atoms with E-state index < -0.39 is 5.82 Å². The summed E-state index contributed by atoms with van der Waals surface area (Å²) >= 11 is 7.78. The third kappa shape index (κ3) is 3.31. The fourth-order valence-corrected chi connectivity index (χ4v) is 4.22. The summed E-state index contributed by atoms with van der Waals surface area (Å²) in [5.41, 5.74) is 2.64. The number of aryl methyl sites for hydroxylation is 2. The highest BCUT2D eigenvalue weighted by Crippen LogP contribution is 2.38. The van der Waals surface area contributed by atoms with Crippen LogP contribution in [0.25, 0.3) is 11.3 Å². The van der Waals surface area contributed by atoms with Gasteiger partial charge >= 0.3 is 0 Å². The van der Waals surface area contributed by atoms with Crippen molar-refractivity contribution < 1.29 is 13.9 Å². The number of anilines is 1. The molecule has 0 unspecified atom stereocenters. The van der Waals surface area contributed by atoms with Crippen molar-refractivity contribution in [3.63, 3.8) is 0 Å². The van der Waals surface area contributed by atoms with Crippen LogP contribution in [0.15, 0.2) is 36.4 Å². The number of nitrogens with zero attached hydrogens (tertiary/aromatic N) is 2. The van der Waals surface area contributed by atoms with Gasteiger partial charge in [-0.15, -0.1) is 11.3 Å². The molecule has 3 aromatic rings. The number of fused-ring (bicyclic) bond motifs is 1. The van der Waals surface area contributed by atoms with E-state index in [4.69, 9.17) is 16.3 Å². The molecule has 0 saturated carbocycles. The Morgan fingerprint density at radius 2 is 2.11 bits per heavy atom. The first-order valence-electron chi connectivity index (χ1n) is 8.38. The van der Waals surface area contributed by atoms with Gasteiger partial charge in [-0.1, -0.05) is 17.7 Å². The molecule has 1 aliphatic heterocycles. The highest BCUT2D eigenvalue weighted by atomic mass is 35.5. The maximum atomic E-state index is 14.2. The molecule has 0 N–H and O–H groups in total. The second-order valence-corrected chi connectivity index (χ2v) is 8.10. The smallest absolute Gasteiger partial charge is 0.265 e. The molecule has 138 valence electrons. The number of carbonyl (C=O) groups excluding carboxylic acids is 1. The zero-order valence-corrected chi connectivity index (χ0v) is 16.3. The number of hydrogen-bond donors (Lipinski definition) is 0. The number of amides is 1. The van der Waals surface area contributed by atoms with E-state index in [0.29, 0.717) is 11.4 Å². The highest BCUT2D eigenvalue weighted by molar-refractivity contribution is 7.11. The molecular weight excluding hydrogens is 387 g/mol. The summed E-state index contributed by atoms with van der Waals surface area (Å²) in [5.74, 6) is -0.106. The standard InChI is InChI=1S/C20H16ClFN2O2S/c1-11-20(23-12(2)27-11)13-6-7-18-17(8-13)24(19(25)10-26-18)9-14-15(21)4-3-5-16(14)22/h3-8H,9-10H2,1-2H3. The number of carbonyl (C=O) groups is 1. The number of thiazole rings is 1. The van der Waals surface area contributed by atoms with Gasteiger partial charge in [-0.05, 0) is 44.2 Å². The van der Waals surface area contributed by atoms with Crippen LogP contribution in [0.1, 0.15) is 15.4 Å². The molecule has 4 rings (SSSR count). The Morgan fingerprint density at radius 3 is 2.81 bits per heavy atom. The van der Waals surface area contributed by atoms with Gasteiger partial charge in [0.05, 0.1) is 22.9 Å². The number of benzene rings is 2. The maximum Gasteiger partial charge on any atom is 0.265 e. The van der Waals surface area contributed by atoms with Crippen LogP contribution in [0.4, 0.5) is 10.1 Å². The van der Waals surface area contributed by atoms with E-state index in [2.05, 4.69) is 4.98 Å². The molecule has 0 saturated heterocycles. The van der Waals surface area contributed by atoms with E-state index in [1.54, 1.807) is 23.5 Å². The summed E-state index contributed by atoms with van der Waals surface area (Å²) in [6.45, 7) is 3.92. The average Bonchev–Trinajstić information content (AvgIpc) is 2.97. The largest absolute Gasteiger partial charge is 0.482 e. The summed E-state index contributed by atoms with van der Waals surface area (Å²) in [6, 6.07) is 10.1. The van der Waals surface area contributed by atoms with E-state index in [-0.39, 0.29) is 29.6 Å². The molecule has 4 nitrogen and oxygen atoms in total. The Balaban J connectivity index is 1.78. The minimum atomic E-state index is -0.439. The lowest BCUT2D eigenvalue weighted by molar-refractivity contribution is -0.121. The minimum Gasteiger partial charge on any atom is -0.482 e. The molecule has 0 spiro atoms. The lowest BCUT2D eigenvalue weighted by Gasteiger charge is -2.30. The van der Waals surface area contributed by atoms with Crippen LogP contribution in [0.2, 0.25) is 5.02 Å². The van der Waals surface area contributed by atoms with Crippen molar-refractivity contribution in [2.75, 3.05) is 11.5 Å². The van der Waals surface area contributed by atoms with E-state index in [9.17, 15) is 9.18 Å². The van der Waals surface area contributed by atoms with Crippen molar-refractivity contribution in [2.45, 2.75) is 20.4 Å². The molecular formula is C20H16ClFN2O2S. The van der Waals surface area contributed by atoms with Crippen LogP contribution in [-0.2, 0) is 11.3 Å². The van der Waals surface area contributed by atoms with Crippen LogP contribution in [0.5, 0.6) is 5.75 Å². The summed E-state index contributed by atoms with van der Waals surface area (Å²) in [5, 5.41) is 1.26. The van der Waals surface area contributed by atoms with Gasteiger partial charge in [-0.2, -0.15) is 0 Å². The van der Waals surface area contributed by atoms with E-state index in [0.717, 1.165) is 21.1 Å². The number of hydrogen-bond acceptors (Lipinski definition) is 4. The Labute approximate surface area is 165 Å². The molecule has 0 radical (unpaired) electrons. The SMILES string of the molecule is Cc1nc(-c2ccc3c(c2)N(Cc2c(F)cccc2Cl)C(=O)CO3)c(C)s1. The minimum absolute atomic E-state index is 0.0409. The Bertz CT molecular complexity index is 1030. The first-order valence-corrected chi connectivity index (χ1v) is 9.58. The molecule has 0 aliphatic carbocycles. The molecule has 0 atom stereocenters. The molecule has 1 aromatic heterocycles. The van der Waals surface area contributed by atoms with Crippen LogP contribution in [0.3, 0.4) is 0 Å². The lowest BCUT2D eigenvalue weighted by Crippen LogP contribution is -2.38.